The predicted molar refractivity (Wildman–Crippen MR) is 90.1 cm³/mol. The molecule has 2 nitrogen and oxygen atoms in total. The number of nitrogens with one attached hydrogen (secondary N) is 1. The number of hydrogen-bond acceptors (Lipinski definition) is 3. The van der Waals surface area contributed by atoms with Gasteiger partial charge in [0.1, 0.15) is 0 Å². The molecule has 0 fully saturated rings. The SMILES string of the molecule is CCNC(c1ccccc1)C(C)Sc1ccc(Br)cn1. The number of nitrogens with zero attached hydrogens (tertiary/aromatic N) is 1. The molecule has 1 aromatic carbocycles. The third-order valence-electron chi connectivity index (χ3n) is 3.06. The second-order valence-corrected chi connectivity index (χ2v) is 6.90. The van der Waals surface area contributed by atoms with Gasteiger partial charge in [0.2, 0.25) is 0 Å². The monoisotopic (exact) mass is 350 g/mol. The molecule has 2 rings (SSSR count). The smallest absolute Gasteiger partial charge is 0.0963 e. The summed E-state index contributed by atoms with van der Waals surface area (Å²) in [5.41, 5.74) is 1.33. The second kappa shape index (κ2) is 7.81. The van der Waals surface area contributed by atoms with Gasteiger partial charge in [-0.15, -0.1) is 11.8 Å². The van der Waals surface area contributed by atoms with Crippen molar-refractivity contribution >= 4 is 27.7 Å². The number of benzene rings is 1. The van der Waals surface area contributed by atoms with E-state index in [1.807, 2.05) is 12.3 Å². The Bertz CT molecular complexity index is 516. The van der Waals surface area contributed by atoms with Gasteiger partial charge in [-0.1, -0.05) is 44.2 Å². The number of aromatic nitrogens is 1. The highest BCUT2D eigenvalue weighted by molar-refractivity contribution is 9.10. The number of pyridine rings is 1. The first-order chi connectivity index (χ1) is 9.70. The Morgan fingerprint density at radius 1 is 1.20 bits per heavy atom. The van der Waals surface area contributed by atoms with E-state index in [0.29, 0.717) is 11.3 Å². The zero-order valence-electron chi connectivity index (χ0n) is 11.7. The first-order valence-electron chi connectivity index (χ1n) is 6.77. The lowest BCUT2D eigenvalue weighted by Crippen LogP contribution is -2.28. The molecule has 0 saturated heterocycles. The van der Waals surface area contributed by atoms with Crippen molar-refractivity contribution in [1.29, 1.82) is 0 Å². The Balaban J connectivity index is 2.11. The maximum Gasteiger partial charge on any atom is 0.0963 e. The Hall–Kier alpha value is -0.840. The van der Waals surface area contributed by atoms with E-state index >= 15 is 0 Å². The third-order valence-corrected chi connectivity index (χ3v) is 4.66. The van der Waals surface area contributed by atoms with Crippen LogP contribution in [0.4, 0.5) is 0 Å². The van der Waals surface area contributed by atoms with E-state index in [1.54, 1.807) is 11.8 Å². The molecule has 0 amide bonds. The van der Waals surface area contributed by atoms with Crippen molar-refractivity contribution in [1.82, 2.24) is 10.3 Å². The van der Waals surface area contributed by atoms with E-state index in [4.69, 9.17) is 0 Å². The van der Waals surface area contributed by atoms with Gasteiger partial charge in [-0.25, -0.2) is 4.98 Å². The first kappa shape index (κ1) is 15.5. The van der Waals surface area contributed by atoms with Gasteiger partial charge in [0.05, 0.1) is 5.03 Å². The predicted octanol–water partition coefficient (Wildman–Crippen LogP) is 4.68. The lowest BCUT2D eigenvalue weighted by Gasteiger charge is -2.24. The fourth-order valence-corrected chi connectivity index (χ4v) is 3.39. The van der Waals surface area contributed by atoms with Gasteiger partial charge in [-0.05, 0) is 40.2 Å². The molecule has 20 heavy (non-hydrogen) atoms. The van der Waals surface area contributed by atoms with Gasteiger partial charge in [0.15, 0.2) is 0 Å². The molecule has 1 aromatic heterocycles. The molecule has 0 radical (unpaired) electrons. The highest BCUT2D eigenvalue weighted by Crippen LogP contribution is 2.31. The van der Waals surface area contributed by atoms with Crippen molar-refractivity contribution in [2.45, 2.75) is 30.2 Å². The maximum atomic E-state index is 4.44. The van der Waals surface area contributed by atoms with E-state index in [1.165, 1.54) is 5.56 Å². The van der Waals surface area contributed by atoms with Crippen molar-refractivity contribution in [3.8, 4) is 0 Å². The van der Waals surface area contributed by atoms with Crippen LogP contribution < -0.4 is 5.32 Å². The lowest BCUT2D eigenvalue weighted by molar-refractivity contribution is 0.547. The fourth-order valence-electron chi connectivity index (χ4n) is 2.13. The van der Waals surface area contributed by atoms with Gasteiger partial charge >= 0.3 is 0 Å². The molecule has 0 aliphatic carbocycles. The molecule has 4 heteroatoms. The van der Waals surface area contributed by atoms with Crippen LogP contribution in [0.2, 0.25) is 0 Å². The summed E-state index contributed by atoms with van der Waals surface area (Å²) in [7, 11) is 0. The van der Waals surface area contributed by atoms with E-state index in [2.05, 4.69) is 76.5 Å². The maximum absolute atomic E-state index is 4.44. The molecule has 0 bridgehead atoms. The van der Waals surface area contributed by atoms with Gasteiger partial charge in [0.25, 0.3) is 0 Å². The minimum atomic E-state index is 0.330. The summed E-state index contributed by atoms with van der Waals surface area (Å²) in [5.74, 6) is 0. The highest BCUT2D eigenvalue weighted by Gasteiger charge is 2.19. The van der Waals surface area contributed by atoms with E-state index in [0.717, 1.165) is 16.0 Å². The third kappa shape index (κ3) is 4.33. The van der Waals surface area contributed by atoms with Crippen molar-refractivity contribution in [3.05, 3.63) is 58.7 Å². The minimum Gasteiger partial charge on any atom is -0.309 e. The molecule has 2 aromatic rings. The van der Waals surface area contributed by atoms with E-state index in [-0.39, 0.29) is 0 Å². The van der Waals surface area contributed by atoms with Crippen LogP contribution in [-0.2, 0) is 0 Å². The van der Waals surface area contributed by atoms with Crippen molar-refractivity contribution in [3.63, 3.8) is 0 Å². The van der Waals surface area contributed by atoms with Crippen LogP contribution in [0.25, 0.3) is 0 Å². The van der Waals surface area contributed by atoms with Crippen LogP contribution in [0.1, 0.15) is 25.5 Å². The number of thioether (sulfide) groups is 1. The molecule has 0 spiro atoms. The second-order valence-electron chi connectivity index (χ2n) is 4.58. The van der Waals surface area contributed by atoms with E-state index in [9.17, 15) is 0 Å². The summed E-state index contributed by atoms with van der Waals surface area (Å²) in [4.78, 5) is 4.44. The number of halogens is 1. The average Bonchev–Trinajstić information content (AvgIpc) is 2.48. The molecule has 2 atom stereocenters. The molecular weight excluding hydrogens is 332 g/mol. The Morgan fingerprint density at radius 2 is 1.95 bits per heavy atom. The molecule has 106 valence electrons. The number of rotatable bonds is 6. The zero-order valence-corrected chi connectivity index (χ0v) is 14.1. The van der Waals surface area contributed by atoms with Gasteiger partial charge in [-0.2, -0.15) is 0 Å². The van der Waals surface area contributed by atoms with Gasteiger partial charge in [0, 0.05) is 22.0 Å². The van der Waals surface area contributed by atoms with Gasteiger partial charge < -0.3 is 5.32 Å². The van der Waals surface area contributed by atoms with Crippen molar-refractivity contribution in [2.24, 2.45) is 0 Å². The normalized spacial score (nSPS) is 13.9. The molecule has 0 saturated carbocycles. The topological polar surface area (TPSA) is 24.9 Å². The quantitative estimate of drug-likeness (QED) is 0.765. The molecule has 2 unspecified atom stereocenters. The average molecular weight is 351 g/mol. The van der Waals surface area contributed by atoms with Gasteiger partial charge in [-0.3, -0.25) is 0 Å². The van der Waals surface area contributed by atoms with E-state index < -0.39 is 0 Å². The standard InChI is InChI=1S/C16H19BrN2S/c1-3-18-16(13-7-5-4-6-8-13)12(2)20-15-10-9-14(17)11-19-15/h4-12,16,18H,3H2,1-2H3. The first-order valence-corrected chi connectivity index (χ1v) is 8.44. The minimum absolute atomic E-state index is 0.330. The highest BCUT2D eigenvalue weighted by atomic mass is 79.9. The van der Waals surface area contributed by atoms with Crippen molar-refractivity contribution in [2.75, 3.05) is 6.54 Å². The van der Waals surface area contributed by atoms with Crippen LogP contribution in [0, 0.1) is 0 Å². The summed E-state index contributed by atoms with van der Waals surface area (Å²) in [6.45, 7) is 5.35. The lowest BCUT2D eigenvalue weighted by atomic mass is 10.0. The van der Waals surface area contributed by atoms with Crippen LogP contribution in [0.3, 0.4) is 0 Å². The molecular formula is C16H19BrN2S. The summed E-state index contributed by atoms with van der Waals surface area (Å²) in [6.07, 6.45) is 1.85. The van der Waals surface area contributed by atoms with Crippen LogP contribution in [0.15, 0.2) is 58.2 Å². The molecule has 0 aliphatic heterocycles. The fraction of sp³-hybridized carbons (Fsp3) is 0.312. The van der Waals surface area contributed by atoms with Crippen LogP contribution in [0.5, 0.6) is 0 Å². The van der Waals surface area contributed by atoms with Crippen LogP contribution >= 0.6 is 27.7 Å². The summed E-state index contributed by atoms with van der Waals surface area (Å²) >= 11 is 5.22. The zero-order chi connectivity index (χ0) is 14.4. The Kier molecular flexibility index (Phi) is 6.07. The summed E-state index contributed by atoms with van der Waals surface area (Å²) < 4.78 is 1.01. The molecule has 0 aliphatic rings. The Labute approximate surface area is 133 Å². The van der Waals surface area contributed by atoms with Crippen LogP contribution in [-0.4, -0.2) is 16.8 Å². The molecule has 1 heterocycles. The summed E-state index contributed by atoms with van der Waals surface area (Å²) in [5, 5.41) is 5.04. The largest absolute Gasteiger partial charge is 0.309 e. The van der Waals surface area contributed by atoms with Crippen molar-refractivity contribution < 1.29 is 0 Å². The molecule has 1 N–H and O–H groups in total. The summed E-state index contributed by atoms with van der Waals surface area (Å²) in [6, 6.07) is 15.0. The Morgan fingerprint density at radius 3 is 2.55 bits per heavy atom. The number of hydrogen-bond donors (Lipinski definition) is 1.